The van der Waals surface area contributed by atoms with E-state index in [2.05, 4.69) is 6.58 Å². The van der Waals surface area contributed by atoms with Gasteiger partial charge in [0.15, 0.2) is 0 Å². The van der Waals surface area contributed by atoms with Gasteiger partial charge in [0, 0.05) is 0 Å². The number of primary sulfonamides is 1. The first-order valence-corrected chi connectivity index (χ1v) is 7.62. The minimum absolute atomic E-state index is 0.0427. The van der Waals surface area contributed by atoms with E-state index in [0.29, 0.717) is 17.9 Å². The quantitative estimate of drug-likeness (QED) is 0.845. The zero-order valence-electron chi connectivity index (χ0n) is 11.9. The Hall–Kier alpha value is -1.33. The van der Waals surface area contributed by atoms with Crippen LogP contribution in [-0.2, 0) is 10.0 Å². The molecule has 0 aliphatic heterocycles. The summed E-state index contributed by atoms with van der Waals surface area (Å²) in [6.45, 7) is 11.7. The van der Waals surface area contributed by atoms with E-state index < -0.39 is 10.0 Å². The number of ether oxygens (including phenoxy) is 1. The highest BCUT2D eigenvalue weighted by atomic mass is 32.2. The fraction of sp³-hybridized carbons (Fsp3) is 0.429. The van der Waals surface area contributed by atoms with Crippen LogP contribution in [0.15, 0.2) is 29.2 Å². The molecule has 0 saturated heterocycles. The van der Waals surface area contributed by atoms with Gasteiger partial charge in [0.05, 0.1) is 4.90 Å². The van der Waals surface area contributed by atoms with E-state index >= 15 is 0 Å². The Morgan fingerprint density at radius 2 is 2.00 bits per heavy atom. The Kier molecular flexibility index (Phi) is 4.76. The van der Waals surface area contributed by atoms with Gasteiger partial charge in [0.2, 0.25) is 10.0 Å². The number of hydrogen-bond donors (Lipinski definition) is 1. The molecule has 0 radical (unpaired) electrons. The lowest BCUT2D eigenvalue weighted by Gasteiger charge is -2.16. The second-order valence-electron chi connectivity index (χ2n) is 5.10. The molecule has 19 heavy (non-hydrogen) atoms. The van der Waals surface area contributed by atoms with Gasteiger partial charge in [-0.2, -0.15) is 0 Å². The topological polar surface area (TPSA) is 69.4 Å². The van der Waals surface area contributed by atoms with E-state index in [9.17, 15) is 8.42 Å². The molecule has 0 bridgehead atoms. The minimum Gasteiger partial charge on any atom is -0.489 e. The molecule has 0 fully saturated rings. The monoisotopic (exact) mass is 283 g/mol. The number of sulfonamides is 1. The van der Waals surface area contributed by atoms with Gasteiger partial charge in [-0.3, -0.25) is 0 Å². The standard InChI is InChI=1S/C14H21NO3S/c1-9(2)8-18-13-7-12(10(3)4)14(6-11(13)5)19(15,16)17/h6-7,10H,1,8H2,2-5H3,(H2,15,16,17). The first-order chi connectivity index (χ1) is 8.62. The predicted molar refractivity (Wildman–Crippen MR) is 77.0 cm³/mol. The second kappa shape index (κ2) is 5.75. The summed E-state index contributed by atoms with van der Waals surface area (Å²) in [6.07, 6.45) is 0. The molecule has 0 atom stereocenters. The third-order valence-corrected chi connectivity index (χ3v) is 3.68. The molecule has 1 aromatic carbocycles. The summed E-state index contributed by atoms with van der Waals surface area (Å²) in [4.78, 5) is 0.169. The van der Waals surface area contributed by atoms with Crippen molar-refractivity contribution in [2.45, 2.75) is 38.5 Å². The van der Waals surface area contributed by atoms with Gasteiger partial charge in [0.25, 0.3) is 0 Å². The van der Waals surface area contributed by atoms with Crippen molar-refractivity contribution >= 4 is 10.0 Å². The van der Waals surface area contributed by atoms with Crippen LogP contribution < -0.4 is 9.88 Å². The highest BCUT2D eigenvalue weighted by molar-refractivity contribution is 7.89. The van der Waals surface area contributed by atoms with Crippen molar-refractivity contribution in [3.05, 3.63) is 35.4 Å². The van der Waals surface area contributed by atoms with E-state index in [0.717, 1.165) is 11.1 Å². The van der Waals surface area contributed by atoms with Crippen LogP contribution in [0, 0.1) is 6.92 Å². The highest BCUT2D eigenvalue weighted by Gasteiger charge is 2.19. The van der Waals surface area contributed by atoms with Gasteiger partial charge < -0.3 is 4.74 Å². The molecule has 0 amide bonds. The maximum absolute atomic E-state index is 11.6. The van der Waals surface area contributed by atoms with E-state index in [-0.39, 0.29) is 10.8 Å². The Morgan fingerprint density at radius 1 is 1.42 bits per heavy atom. The van der Waals surface area contributed by atoms with E-state index in [1.165, 1.54) is 0 Å². The Labute approximate surface area is 115 Å². The third-order valence-electron chi connectivity index (χ3n) is 2.71. The van der Waals surface area contributed by atoms with Gasteiger partial charge in [-0.15, -0.1) is 0 Å². The molecule has 106 valence electrons. The molecule has 5 heteroatoms. The molecule has 1 rings (SSSR count). The normalized spacial score (nSPS) is 11.7. The van der Waals surface area contributed by atoms with Gasteiger partial charge in [-0.05, 0) is 48.6 Å². The molecule has 0 unspecified atom stereocenters. The molecule has 0 aromatic heterocycles. The van der Waals surface area contributed by atoms with Crippen LogP contribution in [0.25, 0.3) is 0 Å². The molecular weight excluding hydrogens is 262 g/mol. The molecule has 0 aliphatic rings. The van der Waals surface area contributed by atoms with Crippen LogP contribution in [0.1, 0.15) is 37.8 Å². The highest BCUT2D eigenvalue weighted by Crippen LogP contribution is 2.30. The lowest BCUT2D eigenvalue weighted by Crippen LogP contribution is -2.16. The second-order valence-corrected chi connectivity index (χ2v) is 6.63. The van der Waals surface area contributed by atoms with Crippen molar-refractivity contribution in [3.8, 4) is 5.75 Å². The lowest BCUT2D eigenvalue weighted by atomic mass is 10.0. The van der Waals surface area contributed by atoms with Crippen LogP contribution in [0.4, 0.5) is 0 Å². The number of nitrogens with two attached hydrogens (primary N) is 1. The van der Waals surface area contributed by atoms with E-state index in [1.807, 2.05) is 20.8 Å². The first kappa shape index (κ1) is 15.7. The van der Waals surface area contributed by atoms with Gasteiger partial charge >= 0.3 is 0 Å². The molecule has 0 saturated carbocycles. The molecular formula is C14H21NO3S. The minimum atomic E-state index is -3.72. The third kappa shape index (κ3) is 4.08. The number of rotatable bonds is 5. The first-order valence-electron chi connectivity index (χ1n) is 6.07. The van der Waals surface area contributed by atoms with E-state index in [1.54, 1.807) is 19.1 Å². The van der Waals surface area contributed by atoms with Crippen molar-refractivity contribution in [1.82, 2.24) is 0 Å². The largest absolute Gasteiger partial charge is 0.489 e. The van der Waals surface area contributed by atoms with Crippen molar-refractivity contribution in [3.63, 3.8) is 0 Å². The van der Waals surface area contributed by atoms with Crippen molar-refractivity contribution in [2.75, 3.05) is 6.61 Å². The fourth-order valence-electron chi connectivity index (χ4n) is 1.73. The smallest absolute Gasteiger partial charge is 0.238 e. The van der Waals surface area contributed by atoms with Crippen LogP contribution in [-0.4, -0.2) is 15.0 Å². The van der Waals surface area contributed by atoms with Crippen LogP contribution >= 0.6 is 0 Å². The summed E-state index contributed by atoms with van der Waals surface area (Å²) in [5.74, 6) is 0.709. The zero-order chi connectivity index (χ0) is 14.8. The van der Waals surface area contributed by atoms with Crippen molar-refractivity contribution in [1.29, 1.82) is 0 Å². The average Bonchev–Trinajstić information content (AvgIpc) is 2.25. The SMILES string of the molecule is C=C(C)COc1cc(C(C)C)c(S(N)(=O)=O)cc1C. The lowest BCUT2D eigenvalue weighted by molar-refractivity contribution is 0.349. The Balaban J connectivity index is 3.33. The molecule has 4 nitrogen and oxygen atoms in total. The summed E-state index contributed by atoms with van der Waals surface area (Å²) < 4.78 is 28.8. The van der Waals surface area contributed by atoms with Gasteiger partial charge in [-0.1, -0.05) is 20.4 Å². The molecule has 0 aliphatic carbocycles. The molecule has 0 heterocycles. The van der Waals surface area contributed by atoms with Crippen LogP contribution in [0.5, 0.6) is 5.75 Å². The fourth-order valence-corrected chi connectivity index (χ4v) is 2.70. The maximum atomic E-state index is 11.6. The number of hydrogen-bond acceptors (Lipinski definition) is 3. The van der Waals surface area contributed by atoms with E-state index in [4.69, 9.17) is 9.88 Å². The maximum Gasteiger partial charge on any atom is 0.238 e. The summed E-state index contributed by atoms with van der Waals surface area (Å²) in [6, 6.07) is 3.32. The summed E-state index contributed by atoms with van der Waals surface area (Å²) in [5, 5.41) is 5.25. The summed E-state index contributed by atoms with van der Waals surface area (Å²) in [7, 11) is -3.72. The number of aryl methyl sites for hydroxylation is 1. The summed E-state index contributed by atoms with van der Waals surface area (Å²) in [5.41, 5.74) is 2.32. The average molecular weight is 283 g/mol. The van der Waals surface area contributed by atoms with Crippen LogP contribution in [0.3, 0.4) is 0 Å². The van der Waals surface area contributed by atoms with Crippen LogP contribution in [0.2, 0.25) is 0 Å². The van der Waals surface area contributed by atoms with Crippen molar-refractivity contribution < 1.29 is 13.2 Å². The predicted octanol–water partition coefficient (Wildman–Crippen LogP) is 2.72. The molecule has 2 N–H and O–H groups in total. The molecule has 0 spiro atoms. The number of benzene rings is 1. The van der Waals surface area contributed by atoms with Gasteiger partial charge in [-0.25, -0.2) is 13.6 Å². The van der Waals surface area contributed by atoms with Gasteiger partial charge in [0.1, 0.15) is 12.4 Å². The van der Waals surface area contributed by atoms with Crippen molar-refractivity contribution in [2.24, 2.45) is 5.14 Å². The Bertz CT molecular complexity index is 589. The Morgan fingerprint density at radius 3 is 2.42 bits per heavy atom. The molecule has 1 aromatic rings. The zero-order valence-corrected chi connectivity index (χ0v) is 12.7. The summed E-state index contributed by atoms with van der Waals surface area (Å²) >= 11 is 0.